The van der Waals surface area contributed by atoms with Crippen molar-refractivity contribution in [3.63, 3.8) is 0 Å². The Morgan fingerprint density at radius 3 is 2.55 bits per heavy atom. The topological polar surface area (TPSA) is 128 Å². The van der Waals surface area contributed by atoms with E-state index in [9.17, 15) is 9.35 Å². The molecule has 0 aliphatic heterocycles. The summed E-state index contributed by atoms with van der Waals surface area (Å²) in [5, 5.41) is 9.61. The summed E-state index contributed by atoms with van der Waals surface area (Å²) in [7, 11) is 0. The van der Waals surface area contributed by atoms with Crippen molar-refractivity contribution in [2.24, 2.45) is 0 Å². The minimum Gasteiger partial charge on any atom is -0.612 e. The molecule has 0 saturated carbocycles. The fraction of sp³-hybridized carbons (Fsp3) is 0.227. The van der Waals surface area contributed by atoms with Crippen molar-refractivity contribution in [2.45, 2.75) is 17.7 Å². The molecule has 5 N–H and O–H groups in total. The number of hydrogen-bond donors (Lipinski definition) is 4. The van der Waals surface area contributed by atoms with Gasteiger partial charge in [0.1, 0.15) is 12.1 Å². The standard InChI is InChI=1S/C22H24Cl2N6O2S/c1-33(32)15-9-7-14(8-10-15)28-22(31)27-12-3-2-11-26-19-13-18(29-21(25)30-19)16-5-4-6-17(23)20(16)24/h4-10,13H,2-3,11-12H2,1H3,(H2,27,28,31)(H3,25,26,29,30). The van der Waals surface area contributed by atoms with E-state index in [4.69, 9.17) is 28.9 Å². The molecule has 8 nitrogen and oxygen atoms in total. The second-order valence-corrected chi connectivity index (χ2v) is 9.26. The first-order valence-corrected chi connectivity index (χ1v) is 12.5. The van der Waals surface area contributed by atoms with E-state index in [1.165, 1.54) is 0 Å². The van der Waals surface area contributed by atoms with Crippen molar-refractivity contribution in [3.8, 4) is 11.3 Å². The van der Waals surface area contributed by atoms with Gasteiger partial charge in [-0.05, 0) is 54.3 Å². The van der Waals surface area contributed by atoms with Gasteiger partial charge in [-0.1, -0.05) is 35.3 Å². The minimum atomic E-state index is -1.05. The van der Waals surface area contributed by atoms with Crippen LogP contribution in [0.2, 0.25) is 10.0 Å². The van der Waals surface area contributed by atoms with Gasteiger partial charge in [0.2, 0.25) is 5.95 Å². The number of nitrogens with one attached hydrogen (secondary N) is 3. The van der Waals surface area contributed by atoms with Gasteiger partial charge in [0.25, 0.3) is 0 Å². The zero-order valence-electron chi connectivity index (χ0n) is 17.9. The number of nitrogens with two attached hydrogens (primary N) is 1. The number of urea groups is 1. The van der Waals surface area contributed by atoms with E-state index in [0.29, 0.717) is 50.8 Å². The monoisotopic (exact) mass is 506 g/mol. The van der Waals surface area contributed by atoms with E-state index >= 15 is 0 Å². The first-order chi connectivity index (χ1) is 15.8. The van der Waals surface area contributed by atoms with E-state index in [2.05, 4.69) is 25.9 Å². The average molecular weight is 507 g/mol. The molecule has 0 aliphatic rings. The maximum absolute atomic E-state index is 12.0. The number of nitrogens with zero attached hydrogens (tertiary/aromatic N) is 2. The molecule has 0 saturated heterocycles. The van der Waals surface area contributed by atoms with Crippen LogP contribution in [0.3, 0.4) is 0 Å². The molecule has 174 valence electrons. The van der Waals surface area contributed by atoms with Gasteiger partial charge in [-0.25, -0.2) is 9.78 Å². The van der Waals surface area contributed by atoms with Crippen molar-refractivity contribution in [3.05, 3.63) is 58.6 Å². The molecule has 3 aromatic rings. The summed E-state index contributed by atoms with van der Waals surface area (Å²) in [6.07, 6.45) is 3.17. The molecule has 0 radical (unpaired) electrons. The number of nitrogen functional groups attached to an aromatic ring is 1. The molecule has 3 rings (SSSR count). The Labute approximate surface area is 205 Å². The van der Waals surface area contributed by atoms with Crippen molar-refractivity contribution < 1.29 is 9.35 Å². The first-order valence-electron chi connectivity index (χ1n) is 10.1. The quantitative estimate of drug-likeness (QED) is 0.244. The number of anilines is 3. The van der Waals surface area contributed by atoms with Gasteiger partial charge < -0.3 is 26.2 Å². The first kappa shape index (κ1) is 24.9. The van der Waals surface area contributed by atoms with E-state index in [0.717, 1.165) is 12.8 Å². The van der Waals surface area contributed by atoms with Crippen molar-refractivity contribution >= 4 is 57.9 Å². The summed E-state index contributed by atoms with van der Waals surface area (Å²) < 4.78 is 11.4. The summed E-state index contributed by atoms with van der Waals surface area (Å²) >= 11 is 11.3. The summed E-state index contributed by atoms with van der Waals surface area (Å²) in [5.41, 5.74) is 7.74. The van der Waals surface area contributed by atoms with Crippen LogP contribution < -0.4 is 21.7 Å². The van der Waals surface area contributed by atoms with Gasteiger partial charge in [0.05, 0.1) is 15.7 Å². The third-order valence-corrected chi connectivity index (χ3v) is 6.37. The fourth-order valence-corrected chi connectivity index (χ4v) is 3.89. The molecular weight excluding hydrogens is 483 g/mol. The number of carbonyl (C=O) groups is 1. The Hall–Kier alpha value is -2.72. The number of amides is 2. The molecule has 0 bridgehead atoms. The average Bonchev–Trinajstić information content (AvgIpc) is 2.78. The Morgan fingerprint density at radius 2 is 1.82 bits per heavy atom. The maximum atomic E-state index is 12.0. The molecule has 2 amide bonds. The SMILES string of the molecule is C[S+]([O-])c1ccc(NC(=O)NCCCCNc2cc(-c3cccc(Cl)c3Cl)nc(N)n2)cc1. The Morgan fingerprint density at radius 1 is 1.09 bits per heavy atom. The highest BCUT2D eigenvalue weighted by Gasteiger charge is 2.11. The van der Waals surface area contributed by atoms with E-state index in [1.54, 1.807) is 48.7 Å². The lowest BCUT2D eigenvalue weighted by molar-refractivity contribution is 0.252. The largest absolute Gasteiger partial charge is 0.612 e. The molecule has 0 aliphatic carbocycles. The summed E-state index contributed by atoms with van der Waals surface area (Å²) in [5.74, 6) is 0.707. The highest BCUT2D eigenvalue weighted by atomic mass is 35.5. The van der Waals surface area contributed by atoms with Crippen LogP contribution in [0.25, 0.3) is 11.3 Å². The van der Waals surface area contributed by atoms with Crippen LogP contribution in [-0.4, -0.2) is 39.9 Å². The van der Waals surface area contributed by atoms with Crippen LogP contribution in [0.15, 0.2) is 53.4 Å². The lowest BCUT2D eigenvalue weighted by atomic mass is 10.1. The number of benzene rings is 2. The number of rotatable bonds is 9. The predicted octanol–water partition coefficient (Wildman–Crippen LogP) is 4.78. The van der Waals surface area contributed by atoms with Gasteiger partial charge in [-0.3, -0.25) is 0 Å². The van der Waals surface area contributed by atoms with Gasteiger partial charge in [0.15, 0.2) is 4.90 Å². The maximum Gasteiger partial charge on any atom is 0.319 e. The van der Waals surface area contributed by atoms with Crippen LogP contribution >= 0.6 is 23.2 Å². The molecule has 1 heterocycles. The number of aromatic nitrogens is 2. The molecule has 0 fully saturated rings. The third-order valence-electron chi connectivity index (χ3n) is 4.61. The number of halogens is 2. The predicted molar refractivity (Wildman–Crippen MR) is 135 cm³/mol. The van der Waals surface area contributed by atoms with Gasteiger partial charge in [0, 0.05) is 30.4 Å². The second kappa shape index (κ2) is 11.9. The van der Waals surface area contributed by atoms with E-state index in [-0.39, 0.29) is 12.0 Å². The van der Waals surface area contributed by atoms with Crippen LogP contribution in [-0.2, 0) is 11.2 Å². The fourth-order valence-electron chi connectivity index (χ4n) is 2.97. The minimum absolute atomic E-state index is 0.127. The number of unbranched alkanes of at least 4 members (excludes halogenated alkanes) is 1. The number of hydrogen-bond acceptors (Lipinski definition) is 6. The zero-order chi connectivity index (χ0) is 23.8. The summed E-state index contributed by atoms with van der Waals surface area (Å²) in [6, 6.07) is 13.7. The van der Waals surface area contributed by atoms with Crippen LogP contribution in [0.5, 0.6) is 0 Å². The Kier molecular flexibility index (Phi) is 9.02. The molecule has 0 spiro atoms. The smallest absolute Gasteiger partial charge is 0.319 e. The van der Waals surface area contributed by atoms with E-state index < -0.39 is 11.2 Å². The van der Waals surface area contributed by atoms with Crippen LogP contribution in [0.4, 0.5) is 22.2 Å². The normalized spacial score (nSPS) is 11.6. The number of carbonyl (C=O) groups excluding carboxylic acids is 1. The van der Waals surface area contributed by atoms with Gasteiger partial charge in [-0.2, -0.15) is 4.98 Å². The molecule has 33 heavy (non-hydrogen) atoms. The third kappa shape index (κ3) is 7.40. The van der Waals surface area contributed by atoms with Crippen molar-refractivity contribution in [1.29, 1.82) is 0 Å². The molecule has 1 aromatic heterocycles. The summed E-state index contributed by atoms with van der Waals surface area (Å²) in [6.45, 7) is 1.15. The van der Waals surface area contributed by atoms with Crippen molar-refractivity contribution in [2.75, 3.05) is 35.7 Å². The Bertz CT molecular complexity index is 1100. The van der Waals surface area contributed by atoms with E-state index in [1.807, 2.05) is 6.07 Å². The summed E-state index contributed by atoms with van der Waals surface area (Å²) in [4.78, 5) is 21.2. The molecular formula is C22H24Cl2N6O2S. The highest BCUT2D eigenvalue weighted by molar-refractivity contribution is 7.90. The van der Waals surface area contributed by atoms with Crippen molar-refractivity contribution in [1.82, 2.24) is 15.3 Å². The van der Waals surface area contributed by atoms with Crippen LogP contribution in [0, 0.1) is 0 Å². The Balaban J connectivity index is 1.41. The highest BCUT2D eigenvalue weighted by Crippen LogP contribution is 2.33. The van der Waals surface area contributed by atoms with Crippen LogP contribution in [0.1, 0.15) is 12.8 Å². The lowest BCUT2D eigenvalue weighted by Crippen LogP contribution is -2.29. The lowest BCUT2D eigenvalue weighted by Gasteiger charge is -2.11. The molecule has 2 aromatic carbocycles. The second-order valence-electron chi connectivity index (χ2n) is 7.09. The molecule has 11 heteroatoms. The molecule has 1 unspecified atom stereocenters. The van der Waals surface area contributed by atoms with Gasteiger partial charge >= 0.3 is 6.03 Å². The zero-order valence-corrected chi connectivity index (χ0v) is 20.2. The molecule has 1 atom stereocenters. The van der Waals surface area contributed by atoms with Gasteiger partial charge in [-0.15, -0.1) is 0 Å².